The third kappa shape index (κ3) is 3.98. The Morgan fingerprint density at radius 1 is 0.923 bits per heavy atom. The Labute approximate surface area is 157 Å². The van der Waals surface area contributed by atoms with Gasteiger partial charge < -0.3 is 11.5 Å². The largest absolute Gasteiger partial charge is 0.326 e. The molecule has 3 rings (SSSR count). The number of hydrogen-bond donors (Lipinski definition) is 2. The van der Waals surface area contributed by atoms with E-state index in [0.717, 1.165) is 0 Å². The normalized spacial score (nSPS) is 17.6. The van der Waals surface area contributed by atoms with Crippen LogP contribution >= 0.6 is 0 Å². The summed E-state index contributed by atoms with van der Waals surface area (Å²) in [6, 6.07) is 17.4. The molecule has 26 heavy (non-hydrogen) atoms. The Morgan fingerprint density at radius 2 is 1.50 bits per heavy atom. The summed E-state index contributed by atoms with van der Waals surface area (Å²) in [6.07, 6.45) is 8.28. The summed E-state index contributed by atoms with van der Waals surface area (Å²) in [6.45, 7) is 5.69. The van der Waals surface area contributed by atoms with Crippen LogP contribution in [-0.2, 0) is 13.1 Å². The highest BCUT2D eigenvalue weighted by molar-refractivity contribution is 5.43. The number of allylic oxidation sites excluding steroid dienone is 4. The smallest absolute Gasteiger partial charge is 0.0187 e. The van der Waals surface area contributed by atoms with Crippen molar-refractivity contribution < 1.29 is 0 Å². The predicted octanol–water partition coefficient (Wildman–Crippen LogP) is 4.89. The van der Waals surface area contributed by atoms with Gasteiger partial charge in [-0.25, -0.2) is 0 Å². The highest BCUT2D eigenvalue weighted by Crippen LogP contribution is 2.39. The van der Waals surface area contributed by atoms with Crippen LogP contribution in [0.2, 0.25) is 0 Å². The van der Waals surface area contributed by atoms with E-state index in [0.29, 0.717) is 24.9 Å². The monoisotopic (exact) mass is 346 g/mol. The van der Waals surface area contributed by atoms with Gasteiger partial charge in [-0.15, -0.1) is 0 Å². The van der Waals surface area contributed by atoms with Gasteiger partial charge in [-0.05, 0) is 40.2 Å². The molecule has 0 aliphatic heterocycles. The minimum Gasteiger partial charge on any atom is -0.326 e. The molecule has 2 aromatic rings. The molecule has 2 aromatic carbocycles. The third-order valence-electron chi connectivity index (χ3n) is 5.55. The summed E-state index contributed by atoms with van der Waals surface area (Å²) < 4.78 is 0. The van der Waals surface area contributed by atoms with E-state index >= 15 is 0 Å². The van der Waals surface area contributed by atoms with Crippen molar-refractivity contribution in [3.05, 3.63) is 94.6 Å². The van der Waals surface area contributed by atoms with E-state index < -0.39 is 0 Å². The fraction of sp³-hybridized carbons (Fsp3) is 0.333. The molecule has 0 bridgehead atoms. The Morgan fingerprint density at radius 3 is 2.00 bits per heavy atom. The van der Waals surface area contributed by atoms with Gasteiger partial charge in [0.05, 0.1) is 0 Å². The van der Waals surface area contributed by atoms with Crippen LogP contribution in [0, 0.1) is 11.8 Å². The van der Waals surface area contributed by atoms with Gasteiger partial charge in [0.1, 0.15) is 0 Å². The van der Waals surface area contributed by atoms with Crippen LogP contribution in [-0.4, -0.2) is 0 Å². The fourth-order valence-corrected chi connectivity index (χ4v) is 3.79. The molecule has 2 nitrogen and oxygen atoms in total. The molecule has 0 spiro atoms. The lowest BCUT2D eigenvalue weighted by Crippen LogP contribution is -2.12. The molecule has 4 N–H and O–H groups in total. The molecule has 0 amide bonds. The molecule has 0 fully saturated rings. The van der Waals surface area contributed by atoms with E-state index in [9.17, 15) is 0 Å². The first kappa shape index (κ1) is 18.6. The highest BCUT2D eigenvalue weighted by Gasteiger charge is 2.25. The minimum absolute atomic E-state index is 0.283. The van der Waals surface area contributed by atoms with E-state index in [1.165, 1.54) is 34.2 Å². The quantitative estimate of drug-likeness (QED) is 0.749. The zero-order valence-electron chi connectivity index (χ0n) is 15.9. The van der Waals surface area contributed by atoms with Crippen LogP contribution in [0.3, 0.4) is 0 Å². The number of rotatable bonds is 7. The maximum absolute atomic E-state index is 5.89. The molecule has 0 aromatic heterocycles. The van der Waals surface area contributed by atoms with Gasteiger partial charge in [-0.2, -0.15) is 0 Å². The molecule has 1 aliphatic carbocycles. The molecule has 0 saturated heterocycles. The summed E-state index contributed by atoms with van der Waals surface area (Å²) in [5.41, 5.74) is 18.2. The molecule has 1 aliphatic rings. The lowest BCUT2D eigenvalue weighted by Gasteiger charge is -2.24. The summed E-state index contributed by atoms with van der Waals surface area (Å²) in [5.74, 6) is 1.24. The second-order valence-corrected chi connectivity index (χ2v) is 7.29. The fourth-order valence-electron chi connectivity index (χ4n) is 3.79. The molecule has 0 heterocycles. The summed E-state index contributed by atoms with van der Waals surface area (Å²) in [4.78, 5) is 0. The topological polar surface area (TPSA) is 52.0 Å². The maximum atomic E-state index is 5.89. The second-order valence-electron chi connectivity index (χ2n) is 7.29. The summed E-state index contributed by atoms with van der Waals surface area (Å²) in [5, 5.41) is 0. The molecule has 0 saturated carbocycles. The van der Waals surface area contributed by atoms with Gasteiger partial charge in [-0.1, -0.05) is 80.6 Å². The number of hydrogen-bond acceptors (Lipinski definition) is 2. The maximum Gasteiger partial charge on any atom is 0.0187 e. The Balaban J connectivity index is 2.05. The molecule has 136 valence electrons. The zero-order valence-corrected chi connectivity index (χ0v) is 15.9. The second kappa shape index (κ2) is 8.48. The van der Waals surface area contributed by atoms with E-state index in [-0.39, 0.29) is 5.92 Å². The van der Waals surface area contributed by atoms with Gasteiger partial charge in [0.2, 0.25) is 0 Å². The Bertz CT molecular complexity index is 756. The average molecular weight is 347 g/mol. The van der Waals surface area contributed by atoms with E-state index in [2.05, 4.69) is 80.6 Å². The van der Waals surface area contributed by atoms with Crippen molar-refractivity contribution in [2.75, 3.05) is 0 Å². The van der Waals surface area contributed by atoms with E-state index in [1.54, 1.807) is 0 Å². The van der Waals surface area contributed by atoms with Crippen molar-refractivity contribution in [1.82, 2.24) is 0 Å². The van der Waals surface area contributed by atoms with Gasteiger partial charge in [-0.3, -0.25) is 0 Å². The van der Waals surface area contributed by atoms with E-state index in [4.69, 9.17) is 11.5 Å². The molecule has 2 unspecified atom stereocenters. The van der Waals surface area contributed by atoms with E-state index in [1.807, 2.05) is 0 Å². The third-order valence-corrected chi connectivity index (χ3v) is 5.55. The lowest BCUT2D eigenvalue weighted by molar-refractivity contribution is 0.653. The van der Waals surface area contributed by atoms with Crippen LogP contribution in [0.25, 0.3) is 0 Å². The first-order chi connectivity index (χ1) is 12.7. The first-order valence-electron chi connectivity index (χ1n) is 9.64. The van der Waals surface area contributed by atoms with Gasteiger partial charge >= 0.3 is 0 Å². The van der Waals surface area contributed by atoms with Crippen molar-refractivity contribution in [3.8, 4) is 0 Å². The molecule has 0 radical (unpaired) electrons. The van der Waals surface area contributed by atoms with Gasteiger partial charge in [0, 0.05) is 24.9 Å². The molecular formula is C24H30N2. The Kier molecular flexibility index (Phi) is 6.08. The number of nitrogens with two attached hydrogens (primary N) is 2. The van der Waals surface area contributed by atoms with Crippen molar-refractivity contribution >= 4 is 0 Å². The first-order valence-corrected chi connectivity index (χ1v) is 9.64. The Hall–Kier alpha value is -2.16. The van der Waals surface area contributed by atoms with Crippen LogP contribution in [0.4, 0.5) is 0 Å². The van der Waals surface area contributed by atoms with Crippen LogP contribution in [0.15, 0.2) is 72.3 Å². The van der Waals surface area contributed by atoms with Gasteiger partial charge in [0.25, 0.3) is 0 Å². The molecule has 2 heteroatoms. The predicted molar refractivity (Wildman–Crippen MR) is 111 cm³/mol. The van der Waals surface area contributed by atoms with Crippen molar-refractivity contribution in [3.63, 3.8) is 0 Å². The van der Waals surface area contributed by atoms with Crippen LogP contribution in [0.1, 0.15) is 48.4 Å². The standard InChI is InChI=1S/C24H30N2/c1-3-17(2)20-10-11-23(14-20)24(21-8-4-6-18(12-21)15-25)22-9-5-7-19(13-22)16-26/h4-14,17,23-24H,3,15-16,25-26H2,1-2H3. The van der Waals surface area contributed by atoms with Crippen LogP contribution in [0.5, 0.6) is 0 Å². The summed E-state index contributed by atoms with van der Waals surface area (Å²) >= 11 is 0. The van der Waals surface area contributed by atoms with Crippen LogP contribution < -0.4 is 11.5 Å². The van der Waals surface area contributed by atoms with Crippen molar-refractivity contribution in [2.24, 2.45) is 23.3 Å². The van der Waals surface area contributed by atoms with Crippen molar-refractivity contribution in [2.45, 2.75) is 39.3 Å². The minimum atomic E-state index is 0.283. The highest BCUT2D eigenvalue weighted by atomic mass is 14.5. The SMILES string of the molecule is CCC(C)C1=CC(C(c2cccc(CN)c2)c2cccc(CN)c2)C=C1. The number of benzene rings is 2. The summed E-state index contributed by atoms with van der Waals surface area (Å²) in [7, 11) is 0. The molecular weight excluding hydrogens is 316 g/mol. The van der Waals surface area contributed by atoms with Crippen molar-refractivity contribution in [1.29, 1.82) is 0 Å². The average Bonchev–Trinajstić information content (AvgIpc) is 3.17. The zero-order chi connectivity index (χ0) is 18.5. The molecule has 2 atom stereocenters. The lowest BCUT2D eigenvalue weighted by atomic mass is 9.80. The van der Waals surface area contributed by atoms with Gasteiger partial charge in [0.15, 0.2) is 0 Å².